The van der Waals surface area contributed by atoms with E-state index in [2.05, 4.69) is 40.2 Å². The van der Waals surface area contributed by atoms with E-state index >= 15 is 0 Å². The van der Waals surface area contributed by atoms with Crippen LogP contribution in [0.1, 0.15) is 102 Å². The third-order valence-corrected chi connectivity index (χ3v) is 9.40. The summed E-state index contributed by atoms with van der Waals surface area (Å²) in [6, 6.07) is 42.1. The molecule has 3 amide bonds. The molecule has 1 heterocycles. The summed E-state index contributed by atoms with van der Waals surface area (Å²) < 4.78 is 0. The molecule has 4 N–H and O–H groups in total. The predicted molar refractivity (Wildman–Crippen MR) is 243 cm³/mol. The van der Waals surface area contributed by atoms with Gasteiger partial charge in [0.1, 0.15) is 5.78 Å². The number of carboxylic acid groups (broad SMARTS) is 1. The first-order valence-corrected chi connectivity index (χ1v) is 19.1. The number of hydrogen-bond acceptors (Lipinski definition) is 8. The highest BCUT2D eigenvalue weighted by molar-refractivity contribution is 6.34. The van der Waals surface area contributed by atoms with E-state index in [1.165, 1.54) is 55.0 Å². The molecule has 0 fully saturated rings. The Morgan fingerprint density at radius 1 is 0.541 bits per heavy atom. The average Bonchev–Trinajstić information content (AvgIpc) is 3.50. The standard InChI is InChI=1S/C24H20N2O3.C22H20N2O3.C3H6O.CH4/c1-15(27)18-7-12-21-22(14-18)24(29)26(23(21)28)20-10-5-17(6-11-20)13-16-3-8-19(25-2)9-4-16;1-23-17-10-6-15(7-11-17)14-16-8-12-18(13-9-16)24-21(25)19-4-2-3-5-20(19)22(26)27;1-3(2)4;/h3-12,14,25H,13H2,1-2H3;2-13,23H,14H2,1H3,(H,24,25)(H,26,27);1-2H3;1H4. The number of fused-ring (bicyclic) bond motifs is 1. The van der Waals surface area contributed by atoms with Crippen LogP contribution in [0.5, 0.6) is 0 Å². The second-order valence-corrected chi connectivity index (χ2v) is 14.1. The summed E-state index contributed by atoms with van der Waals surface area (Å²) in [5.74, 6) is -2.30. The van der Waals surface area contributed by atoms with Gasteiger partial charge in [-0.3, -0.25) is 19.2 Å². The predicted octanol–water partition coefficient (Wildman–Crippen LogP) is 9.82. The fourth-order valence-electron chi connectivity index (χ4n) is 6.28. The highest BCUT2D eigenvalue weighted by Gasteiger charge is 2.37. The highest BCUT2D eigenvalue weighted by atomic mass is 16.4. The lowest BCUT2D eigenvalue weighted by Crippen LogP contribution is -2.29. The zero-order chi connectivity index (χ0) is 43.3. The Balaban J connectivity index is 0.000000244. The minimum atomic E-state index is -1.12. The minimum Gasteiger partial charge on any atom is -0.478 e. The number of aromatic carboxylic acids is 1. The molecule has 0 unspecified atom stereocenters. The first-order chi connectivity index (χ1) is 28.8. The number of Topliss-reactive ketones (excluding diaryl/α,β-unsaturated/α-hetero) is 2. The van der Waals surface area contributed by atoms with Crippen LogP contribution in [0.2, 0.25) is 0 Å². The highest BCUT2D eigenvalue weighted by Crippen LogP contribution is 2.30. The Bertz CT molecular complexity index is 2510. The van der Waals surface area contributed by atoms with E-state index in [1.807, 2.05) is 74.8 Å². The number of carbonyl (C=O) groups is 6. The van der Waals surface area contributed by atoms with Crippen molar-refractivity contribution in [2.75, 3.05) is 34.9 Å². The largest absolute Gasteiger partial charge is 0.478 e. The molecule has 0 saturated carbocycles. The van der Waals surface area contributed by atoms with Crippen LogP contribution in [0.25, 0.3) is 0 Å². The summed E-state index contributed by atoms with van der Waals surface area (Å²) in [5, 5.41) is 18.1. The van der Waals surface area contributed by atoms with Crippen molar-refractivity contribution in [2.45, 2.75) is 41.0 Å². The summed E-state index contributed by atoms with van der Waals surface area (Å²) in [4.78, 5) is 71.4. The smallest absolute Gasteiger partial charge is 0.336 e. The van der Waals surface area contributed by atoms with Crippen molar-refractivity contribution < 1.29 is 33.9 Å². The molecule has 0 bridgehead atoms. The van der Waals surface area contributed by atoms with Gasteiger partial charge in [-0.1, -0.05) is 74.2 Å². The third kappa shape index (κ3) is 12.2. The second kappa shape index (κ2) is 21.4. The van der Waals surface area contributed by atoms with Gasteiger partial charge in [0.05, 0.1) is 27.9 Å². The van der Waals surface area contributed by atoms with Gasteiger partial charge in [0.15, 0.2) is 5.78 Å². The summed E-state index contributed by atoms with van der Waals surface area (Å²) in [6.45, 7) is 4.49. The maximum absolute atomic E-state index is 12.8. The van der Waals surface area contributed by atoms with Crippen molar-refractivity contribution in [3.05, 3.63) is 190 Å². The number of carboxylic acids is 1. The number of imide groups is 1. The quantitative estimate of drug-likeness (QED) is 0.0737. The Kier molecular flexibility index (Phi) is 16.1. The summed E-state index contributed by atoms with van der Waals surface area (Å²) >= 11 is 0. The molecule has 0 atom stereocenters. The van der Waals surface area contributed by atoms with Crippen molar-refractivity contribution in [1.82, 2.24) is 0 Å². The maximum atomic E-state index is 12.8. The molecule has 11 heteroatoms. The molecule has 11 nitrogen and oxygen atoms in total. The van der Waals surface area contributed by atoms with E-state index in [0.29, 0.717) is 22.5 Å². The number of nitrogens with zero attached hydrogens (tertiary/aromatic N) is 1. The van der Waals surface area contributed by atoms with Crippen LogP contribution in [-0.2, 0) is 17.6 Å². The number of hydrogen-bond donors (Lipinski definition) is 4. The van der Waals surface area contributed by atoms with Gasteiger partial charge in [-0.2, -0.15) is 0 Å². The zero-order valence-corrected chi connectivity index (χ0v) is 34.0. The van der Waals surface area contributed by atoms with Crippen molar-refractivity contribution >= 4 is 58.0 Å². The summed E-state index contributed by atoms with van der Waals surface area (Å²) in [6.07, 6.45) is 1.55. The van der Waals surface area contributed by atoms with E-state index in [1.54, 1.807) is 36.4 Å². The van der Waals surface area contributed by atoms with Crippen LogP contribution < -0.4 is 20.9 Å². The monoisotopic (exact) mass is 818 g/mol. The average molecular weight is 819 g/mol. The number of ketones is 2. The molecule has 0 radical (unpaired) electrons. The van der Waals surface area contributed by atoms with Gasteiger partial charge in [0.2, 0.25) is 0 Å². The maximum Gasteiger partial charge on any atom is 0.336 e. The van der Waals surface area contributed by atoms with Crippen LogP contribution >= 0.6 is 0 Å². The molecule has 61 heavy (non-hydrogen) atoms. The fourth-order valence-corrected chi connectivity index (χ4v) is 6.28. The number of benzene rings is 6. The van der Waals surface area contributed by atoms with Gasteiger partial charge in [0.25, 0.3) is 17.7 Å². The van der Waals surface area contributed by atoms with E-state index in [0.717, 1.165) is 35.3 Å². The Hall–Kier alpha value is -7.66. The number of nitrogens with one attached hydrogen (secondary N) is 3. The van der Waals surface area contributed by atoms with Crippen molar-refractivity contribution in [3.63, 3.8) is 0 Å². The second-order valence-electron chi connectivity index (χ2n) is 14.1. The molecule has 7 rings (SSSR count). The first kappa shape index (κ1) is 46.0. The summed E-state index contributed by atoms with van der Waals surface area (Å²) in [5.41, 5.74) is 8.99. The lowest BCUT2D eigenvalue weighted by molar-refractivity contribution is -0.115. The van der Waals surface area contributed by atoms with Gasteiger partial charge in [-0.25, -0.2) is 9.69 Å². The molecule has 0 spiro atoms. The number of anilines is 4. The van der Waals surface area contributed by atoms with Gasteiger partial charge in [0, 0.05) is 36.7 Å². The van der Waals surface area contributed by atoms with E-state index in [-0.39, 0.29) is 41.6 Å². The molecule has 1 aliphatic heterocycles. The van der Waals surface area contributed by atoms with Crippen molar-refractivity contribution in [3.8, 4) is 0 Å². The molecule has 0 aliphatic carbocycles. The molecular formula is C50H50N4O7. The van der Waals surface area contributed by atoms with Crippen molar-refractivity contribution in [2.24, 2.45) is 0 Å². The zero-order valence-electron chi connectivity index (χ0n) is 34.0. The third-order valence-electron chi connectivity index (χ3n) is 9.40. The minimum absolute atomic E-state index is 0. The molecule has 0 aromatic heterocycles. The van der Waals surface area contributed by atoms with Crippen molar-refractivity contribution in [1.29, 1.82) is 0 Å². The lowest BCUT2D eigenvalue weighted by atomic mass is 10.0. The van der Waals surface area contributed by atoms with Gasteiger partial charge in [-0.15, -0.1) is 0 Å². The molecule has 0 saturated heterocycles. The SMILES string of the molecule is C.CC(C)=O.CNc1ccc(Cc2ccc(N3C(=O)c4ccc(C(C)=O)cc4C3=O)cc2)cc1.CNc1ccc(Cc2ccc(NC(=O)c3ccccc3C(=O)O)cc2)cc1. The van der Waals surface area contributed by atoms with E-state index < -0.39 is 17.8 Å². The lowest BCUT2D eigenvalue weighted by Gasteiger charge is -2.14. The van der Waals surface area contributed by atoms with Crippen LogP contribution in [0.3, 0.4) is 0 Å². The topological polar surface area (TPSA) is 162 Å². The van der Waals surface area contributed by atoms with Crippen LogP contribution in [-0.4, -0.2) is 54.5 Å². The molecule has 1 aliphatic rings. The molecule has 312 valence electrons. The van der Waals surface area contributed by atoms with Crippen LogP contribution in [0, 0.1) is 0 Å². The van der Waals surface area contributed by atoms with Gasteiger partial charge < -0.3 is 25.9 Å². The molecule has 6 aromatic carbocycles. The Morgan fingerprint density at radius 2 is 0.951 bits per heavy atom. The number of amides is 3. The van der Waals surface area contributed by atoms with Gasteiger partial charge >= 0.3 is 5.97 Å². The Morgan fingerprint density at radius 3 is 1.38 bits per heavy atom. The number of carbonyl (C=O) groups excluding carboxylic acids is 5. The van der Waals surface area contributed by atoms with Crippen LogP contribution in [0.4, 0.5) is 22.7 Å². The first-order valence-electron chi connectivity index (χ1n) is 19.1. The molecular weight excluding hydrogens is 769 g/mol. The van der Waals surface area contributed by atoms with Crippen LogP contribution in [0.15, 0.2) is 140 Å². The fraction of sp³-hybridized carbons (Fsp3) is 0.160. The van der Waals surface area contributed by atoms with E-state index in [9.17, 15) is 33.9 Å². The number of rotatable bonds is 11. The van der Waals surface area contributed by atoms with E-state index in [4.69, 9.17) is 0 Å². The Labute approximate surface area is 356 Å². The van der Waals surface area contributed by atoms with Gasteiger partial charge in [-0.05, 0) is 129 Å². The normalized spacial score (nSPS) is 11.1. The summed E-state index contributed by atoms with van der Waals surface area (Å²) in [7, 11) is 3.77. The molecule has 6 aromatic rings.